The van der Waals surface area contributed by atoms with Crippen LogP contribution in [0.4, 0.5) is 17.3 Å². The van der Waals surface area contributed by atoms with E-state index in [1.54, 1.807) is 12.4 Å². The molecule has 0 bridgehead atoms. The molecule has 2 aromatic heterocycles. The molecule has 4 rings (SSSR count). The minimum atomic E-state index is 0.439. The Balaban J connectivity index is 1.64. The molecule has 0 radical (unpaired) electrons. The maximum Gasteiger partial charge on any atom is 0.150 e. The summed E-state index contributed by atoms with van der Waals surface area (Å²) in [5, 5.41) is 7.00. The average molecular weight is 399 g/mol. The van der Waals surface area contributed by atoms with Gasteiger partial charge in [0.05, 0.1) is 12.4 Å². The molecular weight excluding hydrogens is 372 g/mol. The highest BCUT2D eigenvalue weighted by molar-refractivity contribution is 5.81. The van der Waals surface area contributed by atoms with Crippen molar-refractivity contribution in [2.24, 2.45) is 0 Å². The smallest absolute Gasteiger partial charge is 0.150 e. The molecule has 0 atom stereocenters. The molecule has 30 heavy (non-hydrogen) atoms. The molecule has 1 aliphatic heterocycles. The SMILES string of the molecule is C#Cc1cnc(Nc2cc(NC3CCN(C)CC3)c(-c3ccccc3C)cn2)cn1. The number of aromatic nitrogens is 3. The van der Waals surface area contributed by atoms with Crippen molar-refractivity contribution in [1.82, 2.24) is 19.9 Å². The van der Waals surface area contributed by atoms with Crippen molar-refractivity contribution >= 4 is 17.3 Å². The van der Waals surface area contributed by atoms with Crippen LogP contribution >= 0.6 is 0 Å². The normalized spacial score (nSPS) is 14.8. The zero-order valence-corrected chi connectivity index (χ0v) is 17.4. The van der Waals surface area contributed by atoms with E-state index in [9.17, 15) is 0 Å². The highest BCUT2D eigenvalue weighted by Gasteiger charge is 2.19. The second-order valence-electron chi connectivity index (χ2n) is 7.71. The second-order valence-corrected chi connectivity index (χ2v) is 7.71. The zero-order valence-electron chi connectivity index (χ0n) is 17.4. The second kappa shape index (κ2) is 8.93. The van der Waals surface area contributed by atoms with Crippen LogP contribution in [0.15, 0.2) is 48.9 Å². The van der Waals surface area contributed by atoms with Crippen LogP contribution in [0.2, 0.25) is 0 Å². The molecule has 0 aliphatic carbocycles. The lowest BCUT2D eigenvalue weighted by Crippen LogP contribution is -2.36. The van der Waals surface area contributed by atoms with Gasteiger partial charge in [-0.15, -0.1) is 6.42 Å². The summed E-state index contributed by atoms with van der Waals surface area (Å²) in [6, 6.07) is 10.9. The molecule has 0 unspecified atom stereocenters. The summed E-state index contributed by atoms with van der Waals surface area (Å²) >= 11 is 0. The van der Waals surface area contributed by atoms with E-state index >= 15 is 0 Å². The minimum Gasteiger partial charge on any atom is -0.382 e. The van der Waals surface area contributed by atoms with Gasteiger partial charge in [-0.1, -0.05) is 24.3 Å². The standard InChI is InChI=1S/C24H26N6/c1-4-18-14-26-24(16-25-18)29-23-13-22(28-19-9-11-30(3)12-10-19)21(15-27-23)20-8-6-5-7-17(20)2/h1,5-8,13-16,19H,9-12H2,2-3H3,(H2,26,27,28,29). The average Bonchev–Trinajstić information content (AvgIpc) is 2.77. The number of nitrogens with zero attached hydrogens (tertiary/aromatic N) is 4. The minimum absolute atomic E-state index is 0.439. The largest absolute Gasteiger partial charge is 0.382 e. The zero-order chi connectivity index (χ0) is 20.9. The fraction of sp³-hybridized carbons (Fsp3) is 0.292. The molecule has 1 aromatic carbocycles. The van der Waals surface area contributed by atoms with Gasteiger partial charge in [-0.3, -0.25) is 0 Å². The molecular formula is C24H26N6. The maximum atomic E-state index is 5.36. The van der Waals surface area contributed by atoms with Crippen molar-refractivity contribution in [3.05, 3.63) is 60.2 Å². The van der Waals surface area contributed by atoms with E-state index in [0.29, 0.717) is 23.4 Å². The number of nitrogens with one attached hydrogen (secondary N) is 2. The molecule has 0 amide bonds. The lowest BCUT2D eigenvalue weighted by Gasteiger charge is -2.31. The Morgan fingerprint density at radius 2 is 1.77 bits per heavy atom. The number of aryl methyl sites for hydroxylation is 1. The first kappa shape index (κ1) is 19.9. The van der Waals surface area contributed by atoms with Gasteiger partial charge in [0, 0.05) is 29.6 Å². The molecule has 2 N–H and O–H groups in total. The van der Waals surface area contributed by atoms with Crippen molar-refractivity contribution in [1.29, 1.82) is 0 Å². The number of terminal acetylenes is 1. The van der Waals surface area contributed by atoms with Crippen LogP contribution in [0, 0.1) is 19.3 Å². The third-order valence-electron chi connectivity index (χ3n) is 5.47. The van der Waals surface area contributed by atoms with E-state index in [4.69, 9.17) is 6.42 Å². The Morgan fingerprint density at radius 1 is 1.00 bits per heavy atom. The van der Waals surface area contributed by atoms with Crippen LogP contribution in [0.1, 0.15) is 24.1 Å². The Hall–Kier alpha value is -3.43. The van der Waals surface area contributed by atoms with Crippen LogP contribution < -0.4 is 10.6 Å². The lowest BCUT2D eigenvalue weighted by molar-refractivity contribution is 0.264. The Kier molecular flexibility index (Phi) is 5.92. The van der Waals surface area contributed by atoms with E-state index < -0.39 is 0 Å². The number of rotatable bonds is 5. The van der Waals surface area contributed by atoms with E-state index in [0.717, 1.165) is 37.2 Å². The van der Waals surface area contributed by atoms with Gasteiger partial charge in [0.2, 0.25) is 0 Å². The monoisotopic (exact) mass is 398 g/mol. The van der Waals surface area contributed by atoms with Gasteiger partial charge in [0.1, 0.15) is 17.3 Å². The van der Waals surface area contributed by atoms with Gasteiger partial charge < -0.3 is 15.5 Å². The van der Waals surface area contributed by atoms with Crippen LogP contribution in [0.3, 0.4) is 0 Å². The maximum absolute atomic E-state index is 5.36. The molecule has 0 spiro atoms. The van der Waals surface area contributed by atoms with Crippen LogP contribution in [0.25, 0.3) is 11.1 Å². The van der Waals surface area contributed by atoms with Gasteiger partial charge in [-0.25, -0.2) is 15.0 Å². The highest BCUT2D eigenvalue weighted by Crippen LogP contribution is 2.33. The third kappa shape index (κ3) is 4.58. The molecule has 1 aliphatic rings. The van der Waals surface area contributed by atoms with Gasteiger partial charge in [-0.05, 0) is 56.9 Å². The number of piperidine rings is 1. The van der Waals surface area contributed by atoms with E-state index in [1.165, 1.54) is 11.1 Å². The van der Waals surface area contributed by atoms with Crippen LogP contribution in [-0.2, 0) is 0 Å². The molecule has 6 heteroatoms. The summed E-state index contributed by atoms with van der Waals surface area (Å²) in [6.07, 6.45) is 12.7. The first-order valence-corrected chi connectivity index (χ1v) is 10.2. The summed E-state index contributed by atoms with van der Waals surface area (Å²) in [7, 11) is 2.18. The predicted molar refractivity (Wildman–Crippen MR) is 122 cm³/mol. The molecule has 1 fully saturated rings. The number of benzene rings is 1. The van der Waals surface area contributed by atoms with Gasteiger partial charge in [-0.2, -0.15) is 0 Å². The van der Waals surface area contributed by atoms with Crippen molar-refractivity contribution in [3.63, 3.8) is 0 Å². The fourth-order valence-electron chi connectivity index (χ4n) is 3.70. The highest BCUT2D eigenvalue weighted by atomic mass is 15.1. The molecule has 3 heterocycles. The Morgan fingerprint density at radius 3 is 2.47 bits per heavy atom. The van der Waals surface area contributed by atoms with Crippen molar-refractivity contribution < 1.29 is 0 Å². The quantitative estimate of drug-likeness (QED) is 0.632. The number of anilines is 3. The number of hydrogen-bond acceptors (Lipinski definition) is 6. The molecule has 152 valence electrons. The Labute approximate surface area is 177 Å². The Bertz CT molecular complexity index is 1050. The molecule has 6 nitrogen and oxygen atoms in total. The van der Waals surface area contributed by atoms with Gasteiger partial charge in [0.25, 0.3) is 0 Å². The molecule has 1 saturated heterocycles. The summed E-state index contributed by atoms with van der Waals surface area (Å²) in [5.41, 5.74) is 5.09. The van der Waals surface area contributed by atoms with Crippen molar-refractivity contribution in [2.75, 3.05) is 30.8 Å². The number of pyridine rings is 1. The fourth-order valence-corrected chi connectivity index (χ4v) is 3.70. The topological polar surface area (TPSA) is 66.0 Å². The summed E-state index contributed by atoms with van der Waals surface area (Å²) in [5.74, 6) is 3.80. The van der Waals surface area contributed by atoms with Gasteiger partial charge >= 0.3 is 0 Å². The first-order valence-electron chi connectivity index (χ1n) is 10.2. The van der Waals surface area contributed by atoms with Gasteiger partial charge in [0.15, 0.2) is 0 Å². The van der Waals surface area contributed by atoms with E-state index in [1.807, 2.05) is 6.20 Å². The predicted octanol–water partition coefficient (Wildman–Crippen LogP) is 4.08. The van der Waals surface area contributed by atoms with Crippen LogP contribution in [-0.4, -0.2) is 46.0 Å². The summed E-state index contributed by atoms with van der Waals surface area (Å²) in [6.45, 7) is 4.33. The first-order chi connectivity index (χ1) is 14.6. The van der Waals surface area contributed by atoms with Crippen molar-refractivity contribution in [3.8, 4) is 23.5 Å². The van der Waals surface area contributed by atoms with Crippen molar-refractivity contribution in [2.45, 2.75) is 25.8 Å². The molecule has 0 saturated carbocycles. The van der Waals surface area contributed by atoms with E-state index in [-0.39, 0.29) is 0 Å². The van der Waals surface area contributed by atoms with E-state index in [2.05, 4.69) is 80.7 Å². The summed E-state index contributed by atoms with van der Waals surface area (Å²) < 4.78 is 0. The lowest BCUT2D eigenvalue weighted by atomic mass is 9.99. The number of likely N-dealkylation sites (tertiary alicyclic amines) is 1. The summed E-state index contributed by atoms with van der Waals surface area (Å²) in [4.78, 5) is 15.5. The molecule has 3 aromatic rings. The van der Waals surface area contributed by atoms with Crippen LogP contribution in [0.5, 0.6) is 0 Å². The number of hydrogen-bond donors (Lipinski definition) is 2. The third-order valence-corrected chi connectivity index (χ3v) is 5.47.